The third-order valence-electron chi connectivity index (χ3n) is 9.91. The number of aliphatic carboxylic acids is 1. The molecule has 50 heavy (non-hydrogen) atoms. The first kappa shape index (κ1) is 32.2. The van der Waals surface area contributed by atoms with Crippen LogP contribution in [0.1, 0.15) is 43.4 Å². The highest BCUT2D eigenvalue weighted by atomic mass is 16.4. The Morgan fingerprint density at radius 1 is 0.600 bits per heavy atom. The van der Waals surface area contributed by atoms with Crippen LogP contribution in [0.25, 0.3) is 17.2 Å². The molecule has 5 nitrogen and oxygen atoms in total. The summed E-state index contributed by atoms with van der Waals surface area (Å²) in [5.74, 6) is -1.24. The Morgan fingerprint density at radius 3 is 1.34 bits per heavy atom. The van der Waals surface area contributed by atoms with Crippen LogP contribution in [-0.4, -0.2) is 11.1 Å². The number of fused-ring (bicyclic) bond motifs is 3. The number of carbonyl (C=O) groups is 1. The molecular formula is C45H37N3O2. The van der Waals surface area contributed by atoms with Crippen LogP contribution in [0.2, 0.25) is 0 Å². The Hall–Kier alpha value is -6.38. The number of rotatable bonds is 10. The maximum Gasteiger partial charge on any atom is 0.346 e. The van der Waals surface area contributed by atoms with Gasteiger partial charge in [0.2, 0.25) is 0 Å². The number of carboxylic acid groups (broad SMARTS) is 1. The number of hydrogen-bond acceptors (Lipinski definition) is 4. The number of nitrogens with zero attached hydrogens (tertiary/aromatic N) is 3. The Bertz CT molecular complexity index is 2180. The summed E-state index contributed by atoms with van der Waals surface area (Å²) >= 11 is 0. The van der Waals surface area contributed by atoms with E-state index in [1.54, 1.807) is 6.07 Å². The zero-order valence-corrected chi connectivity index (χ0v) is 28.1. The normalized spacial score (nSPS) is 12.8. The molecule has 0 aromatic heterocycles. The second-order valence-corrected chi connectivity index (χ2v) is 12.5. The lowest BCUT2D eigenvalue weighted by atomic mass is 9.73. The zero-order valence-electron chi connectivity index (χ0n) is 28.1. The molecule has 6 aromatic rings. The van der Waals surface area contributed by atoms with Gasteiger partial charge in [0.05, 0.1) is 0 Å². The fourth-order valence-electron chi connectivity index (χ4n) is 7.41. The van der Waals surface area contributed by atoms with Gasteiger partial charge in [0.15, 0.2) is 0 Å². The minimum Gasteiger partial charge on any atom is -0.477 e. The van der Waals surface area contributed by atoms with Crippen molar-refractivity contribution in [1.29, 1.82) is 5.26 Å². The topological polar surface area (TPSA) is 67.6 Å². The van der Waals surface area contributed by atoms with E-state index >= 15 is 0 Å². The quantitative estimate of drug-likeness (QED) is 0.118. The highest BCUT2D eigenvalue weighted by Crippen LogP contribution is 2.55. The van der Waals surface area contributed by atoms with Crippen molar-refractivity contribution < 1.29 is 9.90 Å². The lowest BCUT2D eigenvalue weighted by molar-refractivity contribution is -0.132. The molecule has 0 fully saturated rings. The zero-order chi connectivity index (χ0) is 34.7. The van der Waals surface area contributed by atoms with Crippen LogP contribution in [-0.2, 0) is 10.2 Å². The number of carboxylic acids is 1. The Labute approximate surface area is 293 Å². The molecule has 0 heterocycles. The highest BCUT2D eigenvalue weighted by Gasteiger charge is 2.41. The number of anilines is 6. The van der Waals surface area contributed by atoms with Crippen LogP contribution < -0.4 is 9.80 Å². The van der Waals surface area contributed by atoms with E-state index in [2.05, 4.69) is 133 Å². The third kappa shape index (κ3) is 5.71. The summed E-state index contributed by atoms with van der Waals surface area (Å²) in [6.45, 7) is 4.59. The largest absolute Gasteiger partial charge is 0.477 e. The molecule has 1 aliphatic rings. The standard InChI is InChI=1S/C45H37N3O2/c1-3-45(4-2)42-29-38(47(34-14-8-5-9-15-34)35-16-10-6-11-17-35)24-26-40(42)41-27-25-39(30-43(41)45)48(36-18-12-7-13-19-36)37-22-20-32(21-23-37)28-33(31-46)44(49)50/h5-30H,3-4H2,1-2H3,(H,49,50)/b33-28-. The van der Waals surface area contributed by atoms with Gasteiger partial charge in [-0.2, -0.15) is 5.26 Å². The van der Waals surface area contributed by atoms with Crippen molar-refractivity contribution in [2.45, 2.75) is 32.1 Å². The van der Waals surface area contributed by atoms with E-state index in [9.17, 15) is 15.2 Å². The fraction of sp³-hybridized carbons (Fsp3) is 0.111. The minimum atomic E-state index is -1.24. The maximum absolute atomic E-state index is 11.4. The van der Waals surface area contributed by atoms with Crippen molar-refractivity contribution in [1.82, 2.24) is 0 Å². The highest BCUT2D eigenvalue weighted by molar-refractivity contribution is 5.96. The number of para-hydroxylation sites is 3. The Balaban J connectivity index is 1.34. The summed E-state index contributed by atoms with van der Waals surface area (Å²) in [5, 5.41) is 18.6. The van der Waals surface area contributed by atoms with E-state index in [1.807, 2.05) is 42.5 Å². The van der Waals surface area contributed by atoms with Gasteiger partial charge in [-0.3, -0.25) is 0 Å². The number of benzene rings is 6. The summed E-state index contributed by atoms with van der Waals surface area (Å²) in [4.78, 5) is 16.0. The van der Waals surface area contributed by atoms with Gasteiger partial charge in [-0.25, -0.2) is 4.79 Å². The SMILES string of the molecule is CCC1(CC)c2cc(N(c3ccccc3)c3ccccc3)ccc2-c2ccc(N(c3ccccc3)c3ccc(/C=C(/C#N)C(=O)O)cc3)cc21. The second-order valence-electron chi connectivity index (χ2n) is 12.5. The van der Waals surface area contributed by atoms with Crippen LogP contribution >= 0.6 is 0 Å². The van der Waals surface area contributed by atoms with Crippen molar-refractivity contribution in [2.24, 2.45) is 0 Å². The predicted octanol–water partition coefficient (Wildman–Crippen LogP) is 11.7. The lowest BCUT2D eigenvalue weighted by Crippen LogP contribution is -2.24. The van der Waals surface area contributed by atoms with Crippen LogP contribution in [0.5, 0.6) is 0 Å². The summed E-state index contributed by atoms with van der Waals surface area (Å²) in [5.41, 5.74) is 11.7. The fourth-order valence-corrected chi connectivity index (χ4v) is 7.41. The first-order valence-electron chi connectivity index (χ1n) is 17.0. The van der Waals surface area contributed by atoms with Crippen molar-refractivity contribution in [3.05, 3.63) is 174 Å². The summed E-state index contributed by atoms with van der Waals surface area (Å²) in [6, 6.07) is 54.5. The van der Waals surface area contributed by atoms with E-state index in [4.69, 9.17) is 0 Å². The van der Waals surface area contributed by atoms with Crippen molar-refractivity contribution in [2.75, 3.05) is 9.80 Å². The van der Waals surface area contributed by atoms with Gasteiger partial charge in [-0.1, -0.05) is 92.7 Å². The second kappa shape index (κ2) is 13.6. The average Bonchev–Trinajstić information content (AvgIpc) is 3.44. The van der Waals surface area contributed by atoms with Crippen molar-refractivity contribution in [3.63, 3.8) is 0 Å². The molecule has 0 saturated carbocycles. The van der Waals surface area contributed by atoms with Crippen molar-refractivity contribution in [3.8, 4) is 17.2 Å². The van der Waals surface area contributed by atoms with Crippen LogP contribution in [0, 0.1) is 11.3 Å². The van der Waals surface area contributed by atoms with E-state index in [-0.39, 0.29) is 11.0 Å². The maximum atomic E-state index is 11.4. The van der Waals surface area contributed by atoms with Gasteiger partial charge < -0.3 is 14.9 Å². The Morgan fingerprint density at radius 2 is 0.980 bits per heavy atom. The van der Waals surface area contributed by atoms with Gasteiger partial charge in [0.25, 0.3) is 0 Å². The van der Waals surface area contributed by atoms with Gasteiger partial charge in [-0.05, 0) is 120 Å². The monoisotopic (exact) mass is 651 g/mol. The lowest BCUT2D eigenvalue weighted by Gasteiger charge is -2.33. The molecule has 0 saturated heterocycles. The van der Waals surface area contributed by atoms with Gasteiger partial charge in [-0.15, -0.1) is 0 Å². The molecule has 244 valence electrons. The predicted molar refractivity (Wildman–Crippen MR) is 204 cm³/mol. The summed E-state index contributed by atoms with van der Waals surface area (Å²) < 4.78 is 0. The Kier molecular flexibility index (Phi) is 8.77. The first-order chi connectivity index (χ1) is 24.5. The average molecular weight is 652 g/mol. The summed E-state index contributed by atoms with van der Waals surface area (Å²) in [7, 11) is 0. The first-order valence-corrected chi connectivity index (χ1v) is 17.0. The molecule has 0 aliphatic heterocycles. The molecule has 0 bridgehead atoms. The van der Waals surface area contributed by atoms with Crippen LogP contribution in [0.15, 0.2) is 157 Å². The molecule has 5 heteroatoms. The van der Waals surface area contributed by atoms with E-state index in [0.717, 1.165) is 47.0 Å². The van der Waals surface area contributed by atoms with E-state index in [0.29, 0.717) is 5.56 Å². The molecular weight excluding hydrogens is 615 g/mol. The van der Waals surface area contributed by atoms with Gasteiger partial charge >= 0.3 is 5.97 Å². The molecule has 7 rings (SSSR count). The van der Waals surface area contributed by atoms with E-state index in [1.165, 1.54) is 28.3 Å². The molecule has 0 atom stereocenters. The third-order valence-corrected chi connectivity index (χ3v) is 9.91. The van der Waals surface area contributed by atoms with Crippen LogP contribution in [0.3, 0.4) is 0 Å². The van der Waals surface area contributed by atoms with Crippen molar-refractivity contribution >= 4 is 46.2 Å². The molecule has 0 unspecified atom stereocenters. The molecule has 0 amide bonds. The van der Waals surface area contributed by atoms with Crippen LogP contribution in [0.4, 0.5) is 34.1 Å². The molecule has 1 N–H and O–H groups in total. The summed E-state index contributed by atoms with van der Waals surface area (Å²) in [6.07, 6.45) is 3.29. The minimum absolute atomic E-state index is 0.183. The molecule has 0 radical (unpaired) electrons. The van der Waals surface area contributed by atoms with E-state index < -0.39 is 5.97 Å². The molecule has 6 aromatic carbocycles. The molecule has 1 aliphatic carbocycles. The molecule has 0 spiro atoms. The van der Waals surface area contributed by atoms with Gasteiger partial charge in [0, 0.05) is 39.5 Å². The number of nitriles is 1. The van der Waals surface area contributed by atoms with Gasteiger partial charge in [0.1, 0.15) is 11.6 Å². The smallest absolute Gasteiger partial charge is 0.346 e. The number of hydrogen-bond donors (Lipinski definition) is 1.